The number of primary amides is 1. The number of carbonyl (C=O) groups is 1. The highest BCUT2D eigenvalue weighted by atomic mass is 16.3. The molecule has 19 heavy (non-hydrogen) atoms. The van der Waals surface area contributed by atoms with Gasteiger partial charge in [0.2, 0.25) is 5.91 Å². The third kappa shape index (κ3) is 3.66. The minimum Gasteiger partial charge on any atom is -0.392 e. The van der Waals surface area contributed by atoms with Gasteiger partial charge in [0.1, 0.15) is 0 Å². The van der Waals surface area contributed by atoms with Gasteiger partial charge in [0.15, 0.2) is 0 Å². The zero-order valence-electron chi connectivity index (χ0n) is 10.7. The van der Waals surface area contributed by atoms with E-state index < -0.39 is 0 Å². The van der Waals surface area contributed by atoms with E-state index in [2.05, 4.69) is 6.07 Å². The maximum atomic E-state index is 10.8. The summed E-state index contributed by atoms with van der Waals surface area (Å²) in [6.45, 7) is 0.0545. The van der Waals surface area contributed by atoms with Crippen LogP contribution in [0.2, 0.25) is 0 Å². The highest BCUT2D eigenvalue weighted by Crippen LogP contribution is 2.21. The monoisotopic (exact) mass is 255 g/mol. The maximum Gasteiger partial charge on any atom is 0.217 e. The highest BCUT2D eigenvalue weighted by molar-refractivity contribution is 5.74. The molecule has 0 heterocycles. The van der Waals surface area contributed by atoms with Gasteiger partial charge in [-0.3, -0.25) is 4.79 Å². The van der Waals surface area contributed by atoms with Crippen LogP contribution in [0.5, 0.6) is 0 Å². The first-order valence-electron chi connectivity index (χ1n) is 6.26. The Morgan fingerprint density at radius 1 is 1.00 bits per heavy atom. The summed E-state index contributed by atoms with van der Waals surface area (Å²) in [5, 5.41) is 9.02. The summed E-state index contributed by atoms with van der Waals surface area (Å²) in [6, 6.07) is 15.9. The van der Waals surface area contributed by atoms with Gasteiger partial charge >= 0.3 is 0 Å². The van der Waals surface area contributed by atoms with E-state index in [0.717, 1.165) is 22.3 Å². The first-order chi connectivity index (χ1) is 9.19. The van der Waals surface area contributed by atoms with E-state index >= 15 is 0 Å². The summed E-state index contributed by atoms with van der Waals surface area (Å²) < 4.78 is 0. The average molecular weight is 255 g/mol. The number of amides is 1. The molecule has 2 rings (SSSR count). The smallest absolute Gasteiger partial charge is 0.217 e. The van der Waals surface area contributed by atoms with Crippen molar-refractivity contribution in [2.24, 2.45) is 5.73 Å². The predicted octanol–water partition coefficient (Wildman–Crippen LogP) is 2.26. The number of carbonyl (C=O) groups excluding carboxylic acids is 1. The summed E-state index contributed by atoms with van der Waals surface area (Å²) in [6.07, 6.45) is 1.03. The third-order valence-corrected chi connectivity index (χ3v) is 3.06. The number of nitrogens with two attached hydrogens (primary N) is 1. The molecule has 0 aliphatic rings. The average Bonchev–Trinajstić information content (AvgIpc) is 2.45. The number of benzene rings is 2. The number of aryl methyl sites for hydroxylation is 1. The Kier molecular flexibility index (Phi) is 4.31. The second-order valence-electron chi connectivity index (χ2n) is 4.52. The van der Waals surface area contributed by atoms with Gasteiger partial charge in [-0.15, -0.1) is 0 Å². The van der Waals surface area contributed by atoms with Crippen molar-refractivity contribution in [3.05, 3.63) is 59.7 Å². The molecule has 0 fully saturated rings. The van der Waals surface area contributed by atoms with Crippen molar-refractivity contribution in [2.75, 3.05) is 0 Å². The second-order valence-corrected chi connectivity index (χ2v) is 4.52. The lowest BCUT2D eigenvalue weighted by Crippen LogP contribution is -2.11. The molecule has 0 aliphatic carbocycles. The molecule has 3 N–H and O–H groups in total. The van der Waals surface area contributed by atoms with Crippen LogP contribution < -0.4 is 5.73 Å². The Bertz CT molecular complexity index is 561. The van der Waals surface area contributed by atoms with Gasteiger partial charge in [-0.1, -0.05) is 48.5 Å². The summed E-state index contributed by atoms with van der Waals surface area (Å²) in [7, 11) is 0. The lowest BCUT2D eigenvalue weighted by atomic mass is 10.00. The quantitative estimate of drug-likeness (QED) is 0.860. The Balaban J connectivity index is 2.19. The van der Waals surface area contributed by atoms with Crippen LogP contribution in [-0.4, -0.2) is 11.0 Å². The molecule has 0 aromatic heterocycles. The fourth-order valence-corrected chi connectivity index (χ4v) is 1.98. The van der Waals surface area contributed by atoms with Crippen LogP contribution in [0.1, 0.15) is 17.5 Å². The normalized spacial score (nSPS) is 10.4. The standard InChI is InChI=1S/C16H17NO2/c17-16(19)9-6-12-2-1-3-15(10-12)14-7-4-13(11-18)5-8-14/h1-5,7-8,10,18H,6,9,11H2,(H2,17,19). The predicted molar refractivity (Wildman–Crippen MR) is 75.3 cm³/mol. The van der Waals surface area contributed by atoms with Gasteiger partial charge in [-0.2, -0.15) is 0 Å². The topological polar surface area (TPSA) is 63.3 Å². The Labute approximate surface area is 112 Å². The summed E-state index contributed by atoms with van der Waals surface area (Å²) >= 11 is 0. The first kappa shape index (κ1) is 13.3. The lowest BCUT2D eigenvalue weighted by molar-refractivity contribution is -0.117. The molecule has 0 atom stereocenters. The first-order valence-corrected chi connectivity index (χ1v) is 6.26. The molecular weight excluding hydrogens is 238 g/mol. The number of aliphatic hydroxyl groups is 1. The van der Waals surface area contributed by atoms with Crippen LogP contribution in [0.15, 0.2) is 48.5 Å². The van der Waals surface area contributed by atoms with E-state index in [1.807, 2.05) is 42.5 Å². The van der Waals surface area contributed by atoms with Crippen LogP contribution in [0.4, 0.5) is 0 Å². The Hall–Kier alpha value is -2.13. The minimum atomic E-state index is -0.280. The number of hydrogen-bond acceptors (Lipinski definition) is 2. The Morgan fingerprint density at radius 2 is 1.74 bits per heavy atom. The van der Waals surface area contributed by atoms with Gasteiger partial charge in [0.25, 0.3) is 0 Å². The summed E-state index contributed by atoms with van der Waals surface area (Å²) in [5.41, 5.74) is 9.35. The SMILES string of the molecule is NC(=O)CCc1cccc(-c2ccc(CO)cc2)c1. The number of hydrogen-bond donors (Lipinski definition) is 2. The molecule has 0 bridgehead atoms. The lowest BCUT2D eigenvalue weighted by Gasteiger charge is -2.06. The zero-order chi connectivity index (χ0) is 13.7. The molecule has 2 aromatic rings. The van der Waals surface area contributed by atoms with Crippen molar-refractivity contribution in [1.29, 1.82) is 0 Å². The summed E-state index contributed by atoms with van der Waals surface area (Å²) in [4.78, 5) is 10.8. The fourth-order valence-electron chi connectivity index (χ4n) is 1.98. The highest BCUT2D eigenvalue weighted by Gasteiger charge is 2.01. The van der Waals surface area contributed by atoms with Gasteiger partial charge in [-0.25, -0.2) is 0 Å². The van der Waals surface area contributed by atoms with Gasteiger partial charge in [0.05, 0.1) is 6.61 Å². The molecule has 0 radical (unpaired) electrons. The molecule has 0 unspecified atom stereocenters. The maximum absolute atomic E-state index is 10.8. The van der Waals surface area contributed by atoms with Crippen molar-refractivity contribution < 1.29 is 9.90 Å². The molecule has 3 heteroatoms. The van der Waals surface area contributed by atoms with E-state index in [1.165, 1.54) is 0 Å². The molecule has 0 spiro atoms. The van der Waals surface area contributed by atoms with E-state index in [1.54, 1.807) is 0 Å². The fraction of sp³-hybridized carbons (Fsp3) is 0.188. The van der Waals surface area contributed by atoms with Gasteiger partial charge < -0.3 is 10.8 Å². The Morgan fingerprint density at radius 3 is 2.37 bits per heavy atom. The number of rotatable bonds is 5. The molecule has 3 nitrogen and oxygen atoms in total. The number of aliphatic hydroxyl groups excluding tert-OH is 1. The second kappa shape index (κ2) is 6.16. The molecule has 0 aliphatic heterocycles. The van der Waals surface area contributed by atoms with Gasteiger partial charge in [-0.05, 0) is 28.7 Å². The van der Waals surface area contributed by atoms with E-state index in [-0.39, 0.29) is 12.5 Å². The van der Waals surface area contributed by atoms with Crippen LogP contribution in [0.3, 0.4) is 0 Å². The van der Waals surface area contributed by atoms with E-state index in [0.29, 0.717) is 12.8 Å². The van der Waals surface area contributed by atoms with Crippen molar-refractivity contribution in [3.8, 4) is 11.1 Å². The van der Waals surface area contributed by atoms with Crippen molar-refractivity contribution in [1.82, 2.24) is 0 Å². The van der Waals surface area contributed by atoms with Crippen LogP contribution in [0.25, 0.3) is 11.1 Å². The zero-order valence-corrected chi connectivity index (χ0v) is 10.7. The van der Waals surface area contributed by atoms with Crippen molar-refractivity contribution in [2.45, 2.75) is 19.4 Å². The van der Waals surface area contributed by atoms with Crippen molar-refractivity contribution in [3.63, 3.8) is 0 Å². The van der Waals surface area contributed by atoms with E-state index in [4.69, 9.17) is 10.8 Å². The largest absolute Gasteiger partial charge is 0.392 e. The summed E-state index contributed by atoms with van der Waals surface area (Å²) in [5.74, 6) is -0.280. The minimum absolute atomic E-state index is 0.0545. The van der Waals surface area contributed by atoms with Gasteiger partial charge in [0, 0.05) is 6.42 Å². The molecule has 0 saturated carbocycles. The van der Waals surface area contributed by atoms with Crippen molar-refractivity contribution >= 4 is 5.91 Å². The van der Waals surface area contributed by atoms with Crippen LogP contribution >= 0.6 is 0 Å². The molecule has 1 amide bonds. The molecular formula is C16H17NO2. The molecule has 98 valence electrons. The van der Waals surface area contributed by atoms with E-state index in [9.17, 15) is 4.79 Å². The molecule has 0 saturated heterocycles. The molecule has 2 aromatic carbocycles. The third-order valence-electron chi connectivity index (χ3n) is 3.06. The van der Waals surface area contributed by atoms with Crippen LogP contribution in [-0.2, 0) is 17.8 Å². The van der Waals surface area contributed by atoms with Crippen LogP contribution in [0, 0.1) is 0 Å².